The van der Waals surface area contributed by atoms with E-state index in [0.717, 1.165) is 27.7 Å². The van der Waals surface area contributed by atoms with E-state index in [1.54, 1.807) is 6.20 Å². The molecule has 1 N–H and O–H groups in total. The molecule has 0 aliphatic heterocycles. The molecule has 2 heterocycles. The first-order valence-electron chi connectivity index (χ1n) is 9.68. The lowest BCUT2D eigenvalue weighted by molar-refractivity contribution is 0.613. The Morgan fingerprint density at radius 3 is 1.93 bits per heavy atom. The molecule has 0 atom stereocenters. The highest BCUT2D eigenvalue weighted by molar-refractivity contribution is 5.85. The van der Waals surface area contributed by atoms with E-state index >= 15 is 0 Å². The van der Waals surface area contributed by atoms with Crippen LogP contribution in [0.3, 0.4) is 0 Å². The lowest BCUT2D eigenvalue weighted by Crippen LogP contribution is -2.32. The Morgan fingerprint density at radius 1 is 0.867 bits per heavy atom. The highest BCUT2D eigenvalue weighted by Crippen LogP contribution is 2.24. The molecule has 3 nitrogen and oxygen atoms in total. The van der Waals surface area contributed by atoms with E-state index in [9.17, 15) is 8.78 Å². The second kappa shape index (κ2) is 9.26. The fraction of sp³-hybridized carbons (Fsp3) is 0.208. The molecule has 4 aromatic rings. The van der Waals surface area contributed by atoms with Gasteiger partial charge in [-0.15, -0.1) is 12.4 Å². The maximum Gasteiger partial charge on any atom is 0.123 e. The Hall–Kier alpha value is -2.92. The van der Waals surface area contributed by atoms with Crippen molar-refractivity contribution in [3.05, 3.63) is 101 Å². The summed E-state index contributed by atoms with van der Waals surface area (Å²) in [5.74, 6) is -0.489. The molecule has 0 spiro atoms. The molecule has 4 rings (SSSR count). The predicted molar refractivity (Wildman–Crippen MR) is 120 cm³/mol. The minimum absolute atomic E-state index is 0. The molecule has 0 aliphatic carbocycles. The van der Waals surface area contributed by atoms with Gasteiger partial charge in [0.25, 0.3) is 0 Å². The normalized spacial score (nSPS) is 11.0. The number of pyridine rings is 1. The van der Waals surface area contributed by atoms with Crippen molar-refractivity contribution in [1.29, 1.82) is 0 Å². The summed E-state index contributed by atoms with van der Waals surface area (Å²) in [6, 6.07) is 15.2. The SMILES string of the molecule is Cc1c(C)n(NC(Cc2ccc(F)cc2)Cc2ccc(F)cc2)c2cnccc12.Cl. The van der Waals surface area contributed by atoms with E-state index in [-0.39, 0.29) is 30.1 Å². The van der Waals surface area contributed by atoms with Crippen molar-refractivity contribution in [2.75, 3.05) is 5.43 Å². The van der Waals surface area contributed by atoms with E-state index < -0.39 is 0 Å². The van der Waals surface area contributed by atoms with E-state index in [1.807, 2.05) is 36.5 Å². The van der Waals surface area contributed by atoms with E-state index in [0.29, 0.717) is 12.8 Å². The lowest BCUT2D eigenvalue weighted by Gasteiger charge is -2.23. The molecule has 0 amide bonds. The third-order valence-electron chi connectivity index (χ3n) is 5.43. The molecule has 0 aliphatic rings. The van der Waals surface area contributed by atoms with Crippen LogP contribution in [0.1, 0.15) is 22.4 Å². The van der Waals surface area contributed by atoms with Crippen molar-refractivity contribution >= 4 is 23.3 Å². The zero-order valence-electron chi connectivity index (χ0n) is 16.9. The molecule has 0 saturated carbocycles. The van der Waals surface area contributed by atoms with Gasteiger partial charge in [0.1, 0.15) is 11.6 Å². The zero-order valence-corrected chi connectivity index (χ0v) is 17.7. The molecule has 6 heteroatoms. The van der Waals surface area contributed by atoms with Crippen LogP contribution in [0.15, 0.2) is 67.0 Å². The van der Waals surface area contributed by atoms with Crippen LogP contribution in [0.4, 0.5) is 8.78 Å². The topological polar surface area (TPSA) is 29.9 Å². The minimum Gasteiger partial charge on any atom is -0.322 e. The standard InChI is InChI=1S/C24H23F2N3.ClH/c1-16-17(2)29(24-15-27-12-11-23(16)24)28-22(13-18-3-7-20(25)8-4-18)14-19-5-9-21(26)10-6-19;/h3-12,15,22,28H,13-14H2,1-2H3;1H. The van der Waals surface area contributed by atoms with Crippen molar-refractivity contribution in [2.24, 2.45) is 0 Å². The monoisotopic (exact) mass is 427 g/mol. The van der Waals surface area contributed by atoms with Crippen molar-refractivity contribution in [3.8, 4) is 0 Å². The first kappa shape index (κ1) is 21.8. The van der Waals surface area contributed by atoms with Crippen LogP contribution in [-0.4, -0.2) is 15.7 Å². The number of aromatic nitrogens is 2. The smallest absolute Gasteiger partial charge is 0.123 e. The lowest BCUT2D eigenvalue weighted by atomic mass is 9.99. The fourth-order valence-corrected chi connectivity index (χ4v) is 3.75. The van der Waals surface area contributed by atoms with E-state index in [2.05, 4.69) is 28.9 Å². The highest BCUT2D eigenvalue weighted by atomic mass is 35.5. The van der Waals surface area contributed by atoms with Crippen molar-refractivity contribution in [1.82, 2.24) is 9.66 Å². The van der Waals surface area contributed by atoms with Gasteiger partial charge in [-0.2, -0.15) is 0 Å². The Kier molecular flexibility index (Phi) is 6.73. The number of fused-ring (bicyclic) bond motifs is 1. The number of hydrogen-bond donors (Lipinski definition) is 1. The zero-order chi connectivity index (χ0) is 20.4. The number of aryl methyl sites for hydroxylation is 1. The van der Waals surface area contributed by atoms with Crippen LogP contribution < -0.4 is 5.43 Å². The Bertz CT molecular complexity index is 1070. The summed E-state index contributed by atoms with van der Waals surface area (Å²) in [6.45, 7) is 4.18. The van der Waals surface area contributed by atoms with Crippen LogP contribution >= 0.6 is 12.4 Å². The average molecular weight is 428 g/mol. The predicted octanol–water partition coefficient (Wildman–Crippen LogP) is 5.75. The summed E-state index contributed by atoms with van der Waals surface area (Å²) in [5, 5.41) is 1.16. The van der Waals surface area contributed by atoms with Gasteiger partial charge in [-0.1, -0.05) is 24.3 Å². The van der Waals surface area contributed by atoms with Gasteiger partial charge in [-0.05, 0) is 73.7 Å². The van der Waals surface area contributed by atoms with Crippen LogP contribution in [0.25, 0.3) is 10.9 Å². The maximum absolute atomic E-state index is 13.3. The quantitative estimate of drug-likeness (QED) is 0.424. The molecule has 2 aromatic carbocycles. The van der Waals surface area contributed by atoms with Gasteiger partial charge < -0.3 is 5.43 Å². The van der Waals surface area contributed by atoms with Gasteiger partial charge in [0.2, 0.25) is 0 Å². The van der Waals surface area contributed by atoms with Gasteiger partial charge >= 0.3 is 0 Å². The first-order valence-corrected chi connectivity index (χ1v) is 9.68. The summed E-state index contributed by atoms with van der Waals surface area (Å²) in [7, 11) is 0. The molecular formula is C24H24ClF2N3. The molecule has 0 radical (unpaired) electrons. The summed E-state index contributed by atoms with van der Waals surface area (Å²) in [4.78, 5) is 4.28. The molecular weight excluding hydrogens is 404 g/mol. The van der Waals surface area contributed by atoms with Crippen molar-refractivity contribution in [2.45, 2.75) is 32.7 Å². The Balaban J connectivity index is 0.00000256. The van der Waals surface area contributed by atoms with Gasteiger partial charge in [0.15, 0.2) is 0 Å². The molecule has 30 heavy (non-hydrogen) atoms. The van der Waals surface area contributed by atoms with Crippen molar-refractivity contribution < 1.29 is 8.78 Å². The third kappa shape index (κ3) is 4.62. The molecule has 0 saturated heterocycles. The highest BCUT2D eigenvalue weighted by Gasteiger charge is 2.16. The Morgan fingerprint density at radius 2 is 1.40 bits per heavy atom. The van der Waals surface area contributed by atoms with Crippen LogP contribution in [0.2, 0.25) is 0 Å². The van der Waals surface area contributed by atoms with Crippen LogP contribution in [0.5, 0.6) is 0 Å². The largest absolute Gasteiger partial charge is 0.322 e. The maximum atomic E-state index is 13.3. The van der Waals surface area contributed by atoms with E-state index in [4.69, 9.17) is 0 Å². The number of nitrogens with zero attached hydrogens (tertiary/aromatic N) is 2. The number of hydrogen-bond acceptors (Lipinski definition) is 2. The summed E-state index contributed by atoms with van der Waals surface area (Å²) in [6.07, 6.45) is 5.06. The molecule has 156 valence electrons. The fourth-order valence-electron chi connectivity index (χ4n) is 3.75. The molecule has 0 unspecified atom stereocenters. The molecule has 2 aromatic heterocycles. The number of halogens is 3. The first-order chi connectivity index (χ1) is 14.0. The second-order valence-electron chi connectivity index (χ2n) is 7.43. The Labute approximate surface area is 181 Å². The number of rotatable bonds is 6. The van der Waals surface area contributed by atoms with Gasteiger partial charge in [-0.3, -0.25) is 9.66 Å². The van der Waals surface area contributed by atoms with Crippen molar-refractivity contribution in [3.63, 3.8) is 0 Å². The average Bonchev–Trinajstić information content (AvgIpc) is 2.96. The molecule has 0 bridgehead atoms. The summed E-state index contributed by atoms with van der Waals surface area (Å²) < 4.78 is 28.7. The molecule has 0 fully saturated rings. The number of nitrogens with one attached hydrogen (secondary N) is 1. The van der Waals surface area contributed by atoms with Gasteiger partial charge in [0, 0.05) is 17.3 Å². The van der Waals surface area contributed by atoms with Gasteiger partial charge in [0.05, 0.1) is 17.8 Å². The second-order valence-corrected chi connectivity index (χ2v) is 7.43. The third-order valence-corrected chi connectivity index (χ3v) is 5.43. The summed E-state index contributed by atoms with van der Waals surface area (Å²) >= 11 is 0. The van der Waals surface area contributed by atoms with Crippen LogP contribution in [0, 0.1) is 25.5 Å². The summed E-state index contributed by atoms with van der Waals surface area (Å²) in [5.41, 5.74) is 9.05. The minimum atomic E-state index is -0.245. The van der Waals surface area contributed by atoms with E-state index in [1.165, 1.54) is 29.8 Å². The van der Waals surface area contributed by atoms with Gasteiger partial charge in [-0.25, -0.2) is 8.78 Å². The number of benzene rings is 2. The van der Waals surface area contributed by atoms with Crippen LogP contribution in [-0.2, 0) is 12.8 Å².